The highest BCUT2D eigenvalue weighted by Crippen LogP contribution is 2.27. The molecule has 1 aliphatic rings. The quantitative estimate of drug-likeness (QED) is 0.566. The van der Waals surface area contributed by atoms with Gasteiger partial charge >= 0.3 is 0 Å². The predicted octanol–water partition coefficient (Wildman–Crippen LogP) is 4.59. The molecular formula is C18H31NO. The fraction of sp³-hybridized carbons (Fsp3) is 0.667. The van der Waals surface area contributed by atoms with E-state index >= 15 is 0 Å². The van der Waals surface area contributed by atoms with Crippen LogP contribution in [0.1, 0.15) is 54.4 Å². The molecule has 1 aliphatic carbocycles. The van der Waals surface area contributed by atoms with Crippen LogP contribution < -0.4 is 5.32 Å². The fourth-order valence-corrected chi connectivity index (χ4v) is 2.43. The van der Waals surface area contributed by atoms with Crippen LogP contribution in [-0.4, -0.2) is 17.7 Å². The third-order valence-electron chi connectivity index (χ3n) is 3.40. The normalized spacial score (nSPS) is 24.1. The molecule has 114 valence electrons. The Kier molecular flexibility index (Phi) is 6.07. The Morgan fingerprint density at radius 1 is 1.30 bits per heavy atom. The molecule has 0 amide bonds. The van der Waals surface area contributed by atoms with Gasteiger partial charge < -0.3 is 10.1 Å². The van der Waals surface area contributed by atoms with E-state index in [2.05, 4.69) is 64.7 Å². The lowest BCUT2D eigenvalue weighted by molar-refractivity contribution is 0.0261. The van der Waals surface area contributed by atoms with Crippen LogP contribution in [0.3, 0.4) is 0 Å². The lowest BCUT2D eigenvalue weighted by Gasteiger charge is -2.40. The van der Waals surface area contributed by atoms with E-state index < -0.39 is 0 Å². The SMILES string of the molecule is C=C(/C=C(\C=C/C)C(C)C)O[C@H]1C[C@@H](NC(C)(C)C)C1. The second-order valence-corrected chi connectivity index (χ2v) is 7.07. The molecule has 0 aliphatic heterocycles. The third kappa shape index (κ3) is 5.96. The first-order chi connectivity index (χ1) is 9.21. The number of nitrogens with one attached hydrogen (secondary N) is 1. The van der Waals surface area contributed by atoms with Crippen molar-refractivity contribution in [2.45, 2.75) is 72.1 Å². The lowest BCUT2D eigenvalue weighted by atomic mass is 9.87. The minimum Gasteiger partial charge on any atom is -0.491 e. The summed E-state index contributed by atoms with van der Waals surface area (Å²) in [5.74, 6) is 1.27. The van der Waals surface area contributed by atoms with Crippen LogP contribution in [0.5, 0.6) is 0 Å². The van der Waals surface area contributed by atoms with Crippen LogP contribution in [0.2, 0.25) is 0 Å². The molecule has 0 aromatic carbocycles. The van der Waals surface area contributed by atoms with Crippen LogP contribution in [0, 0.1) is 5.92 Å². The molecule has 1 rings (SSSR count). The van der Waals surface area contributed by atoms with Crippen LogP contribution in [-0.2, 0) is 4.74 Å². The van der Waals surface area contributed by atoms with Crippen molar-refractivity contribution in [2.24, 2.45) is 5.92 Å². The summed E-state index contributed by atoms with van der Waals surface area (Å²) in [5, 5.41) is 3.60. The molecule has 0 bridgehead atoms. The molecule has 2 heteroatoms. The van der Waals surface area contributed by atoms with Gasteiger partial charge in [-0.15, -0.1) is 0 Å². The first-order valence-electron chi connectivity index (χ1n) is 7.69. The average Bonchev–Trinajstić information content (AvgIpc) is 2.23. The van der Waals surface area contributed by atoms with Gasteiger partial charge in [0.2, 0.25) is 0 Å². The Morgan fingerprint density at radius 2 is 1.90 bits per heavy atom. The van der Waals surface area contributed by atoms with Crippen molar-refractivity contribution in [3.63, 3.8) is 0 Å². The zero-order valence-electron chi connectivity index (χ0n) is 14.0. The number of hydrogen-bond acceptors (Lipinski definition) is 2. The summed E-state index contributed by atoms with van der Waals surface area (Å²) in [6.07, 6.45) is 8.72. The largest absolute Gasteiger partial charge is 0.491 e. The van der Waals surface area contributed by atoms with Crippen molar-refractivity contribution in [3.05, 3.63) is 36.1 Å². The van der Waals surface area contributed by atoms with Gasteiger partial charge in [-0.05, 0) is 58.1 Å². The zero-order valence-corrected chi connectivity index (χ0v) is 14.0. The van der Waals surface area contributed by atoms with Crippen LogP contribution in [0.15, 0.2) is 36.1 Å². The summed E-state index contributed by atoms with van der Waals surface area (Å²) in [4.78, 5) is 0. The molecule has 0 saturated heterocycles. The van der Waals surface area contributed by atoms with Crippen molar-refractivity contribution in [3.8, 4) is 0 Å². The van der Waals surface area contributed by atoms with Crippen LogP contribution in [0.4, 0.5) is 0 Å². The Hall–Kier alpha value is -1.02. The van der Waals surface area contributed by atoms with Gasteiger partial charge in [0, 0.05) is 11.6 Å². The van der Waals surface area contributed by atoms with E-state index in [4.69, 9.17) is 4.74 Å². The van der Waals surface area contributed by atoms with Gasteiger partial charge in [-0.3, -0.25) is 0 Å². The van der Waals surface area contributed by atoms with E-state index in [0.29, 0.717) is 18.1 Å². The van der Waals surface area contributed by atoms with Crippen molar-refractivity contribution in [2.75, 3.05) is 0 Å². The maximum Gasteiger partial charge on any atom is 0.112 e. The maximum atomic E-state index is 5.91. The van der Waals surface area contributed by atoms with Crippen LogP contribution in [0.25, 0.3) is 0 Å². The topological polar surface area (TPSA) is 21.3 Å². The highest BCUT2D eigenvalue weighted by Gasteiger charge is 2.33. The van der Waals surface area contributed by atoms with Gasteiger partial charge in [0.1, 0.15) is 11.9 Å². The van der Waals surface area contributed by atoms with Crippen LogP contribution >= 0.6 is 0 Å². The van der Waals surface area contributed by atoms with Crippen molar-refractivity contribution < 1.29 is 4.74 Å². The smallest absolute Gasteiger partial charge is 0.112 e. The molecule has 1 saturated carbocycles. The highest BCUT2D eigenvalue weighted by molar-refractivity contribution is 5.27. The molecule has 0 radical (unpaired) electrons. The van der Waals surface area contributed by atoms with Crippen molar-refractivity contribution >= 4 is 0 Å². The minimum atomic E-state index is 0.184. The predicted molar refractivity (Wildman–Crippen MR) is 87.7 cm³/mol. The second-order valence-electron chi connectivity index (χ2n) is 7.07. The van der Waals surface area contributed by atoms with Gasteiger partial charge in [-0.25, -0.2) is 0 Å². The Morgan fingerprint density at radius 3 is 2.35 bits per heavy atom. The molecule has 0 unspecified atom stereocenters. The monoisotopic (exact) mass is 277 g/mol. The molecule has 0 spiro atoms. The third-order valence-corrected chi connectivity index (χ3v) is 3.40. The van der Waals surface area contributed by atoms with E-state index in [1.807, 2.05) is 6.92 Å². The Labute approximate surface area is 125 Å². The average molecular weight is 277 g/mol. The second kappa shape index (κ2) is 7.12. The summed E-state index contributed by atoms with van der Waals surface area (Å²) in [7, 11) is 0. The van der Waals surface area contributed by atoms with Gasteiger partial charge in [-0.2, -0.15) is 0 Å². The molecule has 20 heavy (non-hydrogen) atoms. The summed E-state index contributed by atoms with van der Waals surface area (Å²) < 4.78 is 5.91. The molecule has 0 aromatic heterocycles. The van der Waals surface area contributed by atoms with E-state index in [1.165, 1.54) is 5.57 Å². The molecule has 2 nitrogen and oxygen atoms in total. The van der Waals surface area contributed by atoms with Crippen molar-refractivity contribution in [1.29, 1.82) is 0 Å². The molecule has 0 atom stereocenters. The summed E-state index contributed by atoms with van der Waals surface area (Å²) in [5.41, 5.74) is 1.45. The Bertz CT molecular complexity index is 379. The Balaban J connectivity index is 2.40. The minimum absolute atomic E-state index is 0.184. The summed E-state index contributed by atoms with van der Waals surface area (Å²) in [6.45, 7) is 17.0. The fourth-order valence-electron chi connectivity index (χ4n) is 2.43. The molecule has 1 fully saturated rings. The standard InChI is InChI=1S/C18H31NO/c1-8-9-15(13(2)3)10-14(4)20-17-11-16(12-17)19-18(5,6)7/h8-10,13,16-17,19H,4,11-12H2,1-3,5-7H3/b9-8-,15-10+/t16-,17+. The van der Waals surface area contributed by atoms with E-state index in [-0.39, 0.29) is 5.54 Å². The molecular weight excluding hydrogens is 246 g/mol. The van der Waals surface area contributed by atoms with E-state index in [0.717, 1.165) is 18.6 Å². The van der Waals surface area contributed by atoms with Gasteiger partial charge in [0.05, 0.1) is 0 Å². The van der Waals surface area contributed by atoms with E-state index in [9.17, 15) is 0 Å². The summed E-state index contributed by atoms with van der Waals surface area (Å²) in [6, 6.07) is 0.580. The number of allylic oxidation sites excluding steroid dienone is 4. The van der Waals surface area contributed by atoms with Gasteiger partial charge in [0.15, 0.2) is 0 Å². The van der Waals surface area contributed by atoms with Gasteiger partial charge in [0.25, 0.3) is 0 Å². The van der Waals surface area contributed by atoms with Crippen molar-refractivity contribution in [1.82, 2.24) is 5.32 Å². The lowest BCUT2D eigenvalue weighted by Crippen LogP contribution is -2.52. The summed E-state index contributed by atoms with van der Waals surface area (Å²) >= 11 is 0. The molecule has 1 N–H and O–H groups in total. The zero-order chi connectivity index (χ0) is 15.3. The molecule has 0 heterocycles. The first-order valence-corrected chi connectivity index (χ1v) is 7.69. The highest BCUT2D eigenvalue weighted by atomic mass is 16.5. The number of ether oxygens (including phenoxy) is 1. The van der Waals surface area contributed by atoms with Gasteiger partial charge in [-0.1, -0.05) is 32.6 Å². The van der Waals surface area contributed by atoms with E-state index in [1.54, 1.807) is 0 Å². The molecule has 0 aromatic rings. The number of hydrogen-bond donors (Lipinski definition) is 1. The first kappa shape index (κ1) is 17.0. The number of rotatable bonds is 6. The maximum absolute atomic E-state index is 5.91.